The number of rotatable bonds is 4. The molecule has 0 N–H and O–H groups in total. The van der Waals surface area contributed by atoms with Crippen LogP contribution in [0.2, 0.25) is 10.0 Å². The Balaban J connectivity index is 2.56. The van der Waals surface area contributed by atoms with E-state index in [1.54, 1.807) is 14.2 Å². The normalized spacial score (nSPS) is 12.1. The summed E-state index contributed by atoms with van der Waals surface area (Å²) < 4.78 is 10.7. The van der Waals surface area contributed by atoms with E-state index < -0.39 is 0 Å². The van der Waals surface area contributed by atoms with Crippen molar-refractivity contribution in [1.29, 1.82) is 0 Å². The van der Waals surface area contributed by atoms with Gasteiger partial charge in [-0.1, -0.05) is 45.2 Å². The van der Waals surface area contributed by atoms with E-state index >= 15 is 0 Å². The minimum Gasteiger partial charge on any atom is -0.493 e. The van der Waals surface area contributed by atoms with Crippen LogP contribution < -0.4 is 9.47 Å². The van der Waals surface area contributed by atoms with E-state index in [0.29, 0.717) is 21.5 Å². The zero-order valence-electron chi connectivity index (χ0n) is 11.9. The third-order valence-electron chi connectivity index (χ3n) is 3.30. The molecule has 1 unspecified atom stereocenters. The number of halogens is 3. The number of ether oxygens (including phenoxy) is 2. The molecule has 0 radical (unpaired) electrons. The maximum atomic E-state index is 6.29. The lowest BCUT2D eigenvalue weighted by atomic mass is 9.99. The molecule has 0 heterocycles. The van der Waals surface area contributed by atoms with Crippen LogP contribution in [0.5, 0.6) is 11.5 Å². The zero-order chi connectivity index (χ0) is 15.6. The average molecular weight is 390 g/mol. The third kappa shape index (κ3) is 3.31. The first-order valence-corrected chi connectivity index (χ1v) is 7.97. The van der Waals surface area contributed by atoms with Gasteiger partial charge in [-0.3, -0.25) is 0 Å². The van der Waals surface area contributed by atoms with Gasteiger partial charge in [-0.2, -0.15) is 0 Å². The van der Waals surface area contributed by atoms with Crippen LogP contribution in [0.4, 0.5) is 0 Å². The van der Waals surface area contributed by atoms with E-state index in [-0.39, 0.29) is 4.83 Å². The quantitative estimate of drug-likeness (QED) is 0.615. The highest BCUT2D eigenvalue weighted by atomic mass is 79.9. The van der Waals surface area contributed by atoms with Crippen LogP contribution in [-0.4, -0.2) is 14.2 Å². The Morgan fingerprint density at radius 1 is 1.00 bits per heavy atom. The topological polar surface area (TPSA) is 18.5 Å². The van der Waals surface area contributed by atoms with Gasteiger partial charge in [-0.15, -0.1) is 0 Å². The van der Waals surface area contributed by atoms with E-state index in [1.807, 2.05) is 37.3 Å². The van der Waals surface area contributed by atoms with Gasteiger partial charge in [0, 0.05) is 15.6 Å². The van der Waals surface area contributed by atoms with Crippen molar-refractivity contribution < 1.29 is 9.47 Å². The van der Waals surface area contributed by atoms with E-state index in [4.69, 9.17) is 32.7 Å². The van der Waals surface area contributed by atoms with Crippen LogP contribution in [0.3, 0.4) is 0 Å². The Hall–Kier alpha value is -0.900. The number of hydrogen-bond donors (Lipinski definition) is 0. The molecule has 0 aliphatic heterocycles. The van der Waals surface area contributed by atoms with Gasteiger partial charge in [0.1, 0.15) is 0 Å². The highest BCUT2D eigenvalue weighted by Crippen LogP contribution is 2.43. The highest BCUT2D eigenvalue weighted by molar-refractivity contribution is 9.09. The molecule has 5 heteroatoms. The first-order valence-electron chi connectivity index (χ1n) is 6.30. The highest BCUT2D eigenvalue weighted by Gasteiger charge is 2.21. The maximum Gasteiger partial charge on any atom is 0.161 e. The number of methoxy groups -OCH3 is 2. The molecule has 112 valence electrons. The zero-order valence-corrected chi connectivity index (χ0v) is 15.0. The molecular weight excluding hydrogens is 375 g/mol. The van der Waals surface area contributed by atoms with Crippen LogP contribution in [0, 0.1) is 6.92 Å². The number of benzene rings is 2. The van der Waals surface area contributed by atoms with E-state index in [9.17, 15) is 0 Å². The Labute approximate surface area is 143 Å². The Morgan fingerprint density at radius 2 is 1.52 bits per heavy atom. The van der Waals surface area contributed by atoms with E-state index in [2.05, 4.69) is 15.9 Å². The number of alkyl halides is 1. The van der Waals surface area contributed by atoms with Crippen molar-refractivity contribution in [2.75, 3.05) is 14.2 Å². The molecule has 0 saturated carbocycles. The SMILES string of the molecule is COc1cc(C)c(C(Br)c2c(Cl)cccc2Cl)cc1OC. The molecule has 1 atom stereocenters. The summed E-state index contributed by atoms with van der Waals surface area (Å²) >= 11 is 16.3. The molecule has 0 saturated heterocycles. The van der Waals surface area contributed by atoms with Gasteiger partial charge < -0.3 is 9.47 Å². The Morgan fingerprint density at radius 3 is 2.05 bits per heavy atom. The van der Waals surface area contributed by atoms with Crippen molar-refractivity contribution in [3.63, 3.8) is 0 Å². The van der Waals surface area contributed by atoms with E-state index in [1.165, 1.54) is 0 Å². The van der Waals surface area contributed by atoms with E-state index in [0.717, 1.165) is 16.7 Å². The summed E-state index contributed by atoms with van der Waals surface area (Å²) in [6.07, 6.45) is 0. The van der Waals surface area contributed by atoms with Gasteiger partial charge in [0.25, 0.3) is 0 Å². The van der Waals surface area contributed by atoms with Crippen molar-refractivity contribution in [1.82, 2.24) is 0 Å². The number of hydrogen-bond acceptors (Lipinski definition) is 2. The van der Waals surface area contributed by atoms with Crippen LogP contribution in [0.1, 0.15) is 21.5 Å². The van der Waals surface area contributed by atoms with Crippen LogP contribution in [-0.2, 0) is 0 Å². The fourth-order valence-electron chi connectivity index (χ4n) is 2.18. The lowest BCUT2D eigenvalue weighted by Crippen LogP contribution is -2.00. The molecular formula is C16H15BrCl2O2. The van der Waals surface area contributed by atoms with Crippen LogP contribution in [0.25, 0.3) is 0 Å². The van der Waals surface area contributed by atoms with Gasteiger partial charge in [-0.05, 0) is 42.3 Å². The minimum atomic E-state index is -0.126. The molecule has 2 aromatic rings. The molecule has 0 aromatic heterocycles. The molecule has 0 aliphatic rings. The minimum absolute atomic E-state index is 0.126. The Kier molecular flexibility index (Phi) is 5.42. The smallest absolute Gasteiger partial charge is 0.161 e. The lowest BCUT2D eigenvalue weighted by molar-refractivity contribution is 0.354. The summed E-state index contributed by atoms with van der Waals surface area (Å²) in [7, 11) is 3.23. The molecule has 0 spiro atoms. The molecule has 21 heavy (non-hydrogen) atoms. The predicted molar refractivity (Wildman–Crippen MR) is 91.5 cm³/mol. The lowest BCUT2D eigenvalue weighted by Gasteiger charge is -2.19. The van der Waals surface area contributed by atoms with Gasteiger partial charge >= 0.3 is 0 Å². The van der Waals surface area contributed by atoms with Gasteiger partial charge in [-0.25, -0.2) is 0 Å². The molecule has 0 aliphatic carbocycles. The summed E-state index contributed by atoms with van der Waals surface area (Å²) in [4.78, 5) is -0.126. The second-order valence-corrected chi connectivity index (χ2v) is 6.29. The average Bonchev–Trinajstić information content (AvgIpc) is 2.46. The summed E-state index contributed by atoms with van der Waals surface area (Å²) in [5, 5.41) is 1.25. The van der Waals surface area contributed by atoms with Crippen molar-refractivity contribution in [3.8, 4) is 11.5 Å². The van der Waals surface area contributed by atoms with Crippen LogP contribution >= 0.6 is 39.1 Å². The van der Waals surface area contributed by atoms with Crippen molar-refractivity contribution in [2.24, 2.45) is 0 Å². The Bertz CT molecular complexity index is 639. The summed E-state index contributed by atoms with van der Waals surface area (Å²) in [6.45, 7) is 2.01. The van der Waals surface area contributed by atoms with Crippen molar-refractivity contribution in [3.05, 3.63) is 57.1 Å². The molecule has 0 amide bonds. The first kappa shape index (κ1) is 16.5. The summed E-state index contributed by atoms with van der Waals surface area (Å²) in [6, 6.07) is 9.36. The second-order valence-electron chi connectivity index (χ2n) is 4.56. The van der Waals surface area contributed by atoms with Crippen molar-refractivity contribution >= 4 is 39.1 Å². The fraction of sp³-hybridized carbons (Fsp3) is 0.250. The van der Waals surface area contributed by atoms with Gasteiger partial charge in [0.15, 0.2) is 11.5 Å². The van der Waals surface area contributed by atoms with Gasteiger partial charge in [0.05, 0.1) is 19.0 Å². The standard InChI is InChI=1S/C16H15BrCl2O2/c1-9-7-13(20-2)14(21-3)8-10(9)16(17)15-11(18)5-4-6-12(15)19/h4-8,16H,1-3H3. The molecule has 2 nitrogen and oxygen atoms in total. The van der Waals surface area contributed by atoms with Crippen molar-refractivity contribution in [2.45, 2.75) is 11.8 Å². The summed E-state index contributed by atoms with van der Waals surface area (Å²) in [5.74, 6) is 1.37. The largest absolute Gasteiger partial charge is 0.493 e. The second kappa shape index (κ2) is 6.91. The molecule has 2 rings (SSSR count). The molecule has 0 bridgehead atoms. The maximum absolute atomic E-state index is 6.29. The van der Waals surface area contributed by atoms with Crippen LogP contribution in [0.15, 0.2) is 30.3 Å². The number of aryl methyl sites for hydroxylation is 1. The fourth-order valence-corrected chi connectivity index (χ4v) is 4.04. The molecule has 2 aromatic carbocycles. The summed E-state index contributed by atoms with van der Waals surface area (Å²) in [5.41, 5.74) is 2.93. The third-order valence-corrected chi connectivity index (χ3v) is 4.91. The van der Waals surface area contributed by atoms with Gasteiger partial charge in [0.2, 0.25) is 0 Å². The first-order chi connectivity index (χ1) is 9.99. The monoisotopic (exact) mass is 388 g/mol. The molecule has 0 fully saturated rings. The predicted octanol–water partition coefficient (Wildman–Crippen LogP) is 5.80.